The van der Waals surface area contributed by atoms with E-state index < -0.39 is 19.8 Å². The molecule has 1 atom stereocenters. The lowest BCUT2D eigenvalue weighted by molar-refractivity contribution is 0.230. The van der Waals surface area contributed by atoms with Crippen molar-refractivity contribution < 1.29 is 12.6 Å². The van der Waals surface area contributed by atoms with Gasteiger partial charge in [0.15, 0.2) is 0 Å². The minimum Gasteiger partial charge on any atom is -0.295 e. The molecule has 20 heavy (non-hydrogen) atoms. The van der Waals surface area contributed by atoms with Gasteiger partial charge in [-0.05, 0) is 12.5 Å². The molecule has 1 saturated heterocycles. The van der Waals surface area contributed by atoms with Gasteiger partial charge in [0.25, 0.3) is 10.0 Å². The molecule has 112 valence electrons. The summed E-state index contributed by atoms with van der Waals surface area (Å²) in [6, 6.07) is 10.3. The van der Waals surface area contributed by atoms with E-state index in [4.69, 9.17) is 0 Å². The monoisotopic (exact) mass is 316 g/mol. The van der Waals surface area contributed by atoms with Gasteiger partial charge in [-0.1, -0.05) is 30.3 Å². The quantitative estimate of drug-likeness (QED) is 0.847. The third kappa shape index (κ3) is 4.04. The van der Waals surface area contributed by atoms with Crippen LogP contribution in [0.2, 0.25) is 0 Å². The van der Waals surface area contributed by atoms with Gasteiger partial charge in [-0.25, -0.2) is 12.6 Å². The second-order valence-corrected chi connectivity index (χ2v) is 9.53. The first-order valence-electron chi connectivity index (χ1n) is 6.52. The van der Waals surface area contributed by atoms with Crippen LogP contribution in [0.1, 0.15) is 18.5 Å². The Morgan fingerprint density at radius 1 is 1.20 bits per heavy atom. The second-order valence-electron chi connectivity index (χ2n) is 5.11. The lowest BCUT2D eigenvalue weighted by Crippen LogP contribution is -2.41. The van der Waals surface area contributed by atoms with Gasteiger partial charge in [0.1, 0.15) is 0 Å². The van der Waals surface area contributed by atoms with Gasteiger partial charge < -0.3 is 0 Å². The molecule has 0 aromatic heterocycles. The van der Waals surface area contributed by atoms with E-state index in [-0.39, 0.29) is 6.04 Å². The molecule has 0 N–H and O–H groups in total. The Bertz CT molecular complexity index is 663. The van der Waals surface area contributed by atoms with Crippen molar-refractivity contribution in [2.45, 2.75) is 13.0 Å². The highest BCUT2D eigenvalue weighted by Gasteiger charge is 2.25. The van der Waals surface area contributed by atoms with E-state index in [0.717, 1.165) is 6.26 Å². The van der Waals surface area contributed by atoms with E-state index in [9.17, 15) is 12.6 Å². The molecule has 0 radical (unpaired) electrons. The van der Waals surface area contributed by atoms with Crippen molar-refractivity contribution >= 4 is 19.8 Å². The molecule has 5 nitrogen and oxygen atoms in total. The first-order chi connectivity index (χ1) is 9.29. The van der Waals surface area contributed by atoms with Gasteiger partial charge >= 0.3 is 0 Å². The lowest BCUT2D eigenvalue weighted by Gasteiger charge is -2.33. The van der Waals surface area contributed by atoms with Crippen molar-refractivity contribution in [1.29, 1.82) is 0 Å². The maximum absolute atomic E-state index is 12.4. The van der Waals surface area contributed by atoms with Crippen LogP contribution in [0.25, 0.3) is 0 Å². The van der Waals surface area contributed by atoms with Gasteiger partial charge in [0, 0.05) is 30.6 Å². The fourth-order valence-corrected chi connectivity index (χ4v) is 6.20. The fraction of sp³-hybridized carbons (Fsp3) is 0.538. The normalized spacial score (nSPS) is 21.3. The molecule has 1 aromatic carbocycles. The Kier molecular flexibility index (Phi) is 4.51. The second kappa shape index (κ2) is 5.83. The minimum atomic E-state index is -3.54. The third-order valence-electron chi connectivity index (χ3n) is 3.50. The molecule has 0 amide bonds. The molecule has 0 spiro atoms. The number of nitrogens with zero attached hydrogens (tertiary/aromatic N) is 2. The van der Waals surface area contributed by atoms with Crippen LogP contribution in [0.4, 0.5) is 0 Å². The molecule has 1 unspecified atom stereocenters. The van der Waals surface area contributed by atoms with Crippen LogP contribution in [0, 0.1) is 0 Å². The minimum absolute atomic E-state index is 0.235. The first kappa shape index (κ1) is 15.5. The molecule has 1 aliphatic heterocycles. The Hall–Kier alpha value is -0.920. The highest BCUT2D eigenvalue weighted by atomic mass is 32.3. The zero-order valence-electron chi connectivity index (χ0n) is 11.7. The van der Waals surface area contributed by atoms with E-state index in [1.54, 1.807) is 0 Å². The van der Waals surface area contributed by atoms with Crippen LogP contribution < -0.4 is 0 Å². The zero-order valence-corrected chi connectivity index (χ0v) is 13.4. The van der Waals surface area contributed by atoms with Crippen molar-refractivity contribution in [2.24, 2.45) is 3.77 Å². The van der Waals surface area contributed by atoms with Crippen molar-refractivity contribution in [3.05, 3.63) is 35.9 Å². The van der Waals surface area contributed by atoms with E-state index in [0.29, 0.717) is 24.6 Å². The maximum Gasteiger partial charge on any atom is 0.257 e. The van der Waals surface area contributed by atoms with Gasteiger partial charge in [-0.3, -0.25) is 4.90 Å². The summed E-state index contributed by atoms with van der Waals surface area (Å²) in [5, 5.41) is 0. The van der Waals surface area contributed by atoms with Crippen LogP contribution in [-0.4, -0.2) is 48.4 Å². The van der Waals surface area contributed by atoms with Crippen molar-refractivity contribution in [3.63, 3.8) is 0 Å². The predicted octanol–water partition coefficient (Wildman–Crippen LogP) is 1.49. The molecule has 1 aliphatic rings. The summed E-state index contributed by atoms with van der Waals surface area (Å²) in [5.74, 6) is 0.633. The van der Waals surface area contributed by atoms with E-state index in [1.165, 1.54) is 5.56 Å². The summed E-state index contributed by atoms with van der Waals surface area (Å²) in [6.07, 6.45) is 0.999. The van der Waals surface area contributed by atoms with Crippen molar-refractivity contribution in [1.82, 2.24) is 4.90 Å². The summed E-state index contributed by atoms with van der Waals surface area (Å²) >= 11 is 0. The molecule has 0 bridgehead atoms. The number of benzene rings is 1. The highest BCUT2D eigenvalue weighted by Crippen LogP contribution is 2.22. The Morgan fingerprint density at radius 3 is 2.25 bits per heavy atom. The fourth-order valence-electron chi connectivity index (χ4n) is 2.38. The molecular weight excluding hydrogens is 296 g/mol. The summed E-state index contributed by atoms with van der Waals surface area (Å²) in [4.78, 5) is 2.22. The Morgan fingerprint density at radius 2 is 1.75 bits per heavy atom. The maximum atomic E-state index is 12.4. The summed E-state index contributed by atoms with van der Waals surface area (Å²) < 4.78 is 38.3. The smallest absolute Gasteiger partial charge is 0.257 e. The summed E-state index contributed by atoms with van der Waals surface area (Å²) in [7, 11) is -6.14. The molecule has 1 aromatic rings. The summed E-state index contributed by atoms with van der Waals surface area (Å²) in [5.41, 5.74) is 1.21. The highest BCUT2D eigenvalue weighted by molar-refractivity contribution is 8.03. The molecule has 0 saturated carbocycles. The largest absolute Gasteiger partial charge is 0.295 e. The molecule has 1 heterocycles. The molecular formula is C13H20N2O3S2. The number of sulfonamides is 1. The number of hydrogen-bond acceptors (Lipinski definition) is 4. The van der Waals surface area contributed by atoms with Gasteiger partial charge in [-0.2, -0.15) is 0 Å². The van der Waals surface area contributed by atoms with Crippen LogP contribution in [0.3, 0.4) is 0 Å². The van der Waals surface area contributed by atoms with E-state index in [1.807, 2.05) is 18.2 Å². The molecule has 0 aliphatic carbocycles. The first-order valence-corrected chi connectivity index (χ1v) is 10.2. The standard InChI is InChI=1S/C13H20N2O3S2/c1-12(13-6-4-3-5-7-13)15-8-10-20(18,11-9-15)14-19(2,16)17/h3-7,12H,8-11H2,1-2H3. The van der Waals surface area contributed by atoms with Gasteiger partial charge in [0.2, 0.25) is 0 Å². The van der Waals surface area contributed by atoms with E-state index >= 15 is 0 Å². The average molecular weight is 316 g/mol. The molecule has 7 heteroatoms. The lowest BCUT2D eigenvalue weighted by atomic mass is 10.1. The predicted molar refractivity (Wildman–Crippen MR) is 81.6 cm³/mol. The molecule has 2 rings (SSSR count). The number of rotatable bonds is 3. The molecule has 1 fully saturated rings. The van der Waals surface area contributed by atoms with Crippen LogP contribution in [0.5, 0.6) is 0 Å². The van der Waals surface area contributed by atoms with Crippen molar-refractivity contribution in [3.8, 4) is 0 Å². The van der Waals surface area contributed by atoms with E-state index in [2.05, 4.69) is 27.7 Å². The van der Waals surface area contributed by atoms with Crippen molar-refractivity contribution in [2.75, 3.05) is 30.9 Å². The topological polar surface area (TPSA) is 66.8 Å². The van der Waals surface area contributed by atoms with Crippen LogP contribution in [-0.2, 0) is 19.8 Å². The van der Waals surface area contributed by atoms with Crippen LogP contribution in [0.15, 0.2) is 34.1 Å². The van der Waals surface area contributed by atoms with Gasteiger partial charge in [-0.15, -0.1) is 3.77 Å². The Labute approximate surface area is 121 Å². The van der Waals surface area contributed by atoms with Crippen LogP contribution >= 0.6 is 0 Å². The SMILES string of the molecule is CC(c1ccccc1)N1CCS(=O)(=NS(C)(=O)=O)CC1. The number of hydrogen-bond donors (Lipinski definition) is 0. The zero-order chi connectivity index (χ0) is 14.8. The average Bonchev–Trinajstić information content (AvgIpc) is 2.37. The summed E-state index contributed by atoms with van der Waals surface area (Å²) in [6.45, 7) is 3.32. The third-order valence-corrected chi connectivity index (χ3v) is 7.31. The van der Waals surface area contributed by atoms with Gasteiger partial charge in [0.05, 0.1) is 16.0 Å². The Balaban J connectivity index is 2.09.